The van der Waals surface area contributed by atoms with Gasteiger partial charge in [-0.15, -0.1) is 24.0 Å². The molecular weight excluding hydrogens is 425 g/mol. The van der Waals surface area contributed by atoms with E-state index in [-0.39, 0.29) is 24.0 Å². The number of hydrogen-bond donors (Lipinski definition) is 2. The topological polar surface area (TPSA) is 52.5 Å². The molecule has 0 unspecified atom stereocenters. The second-order valence-electron chi connectivity index (χ2n) is 5.95. The van der Waals surface area contributed by atoms with Crippen LogP contribution in [0.5, 0.6) is 0 Å². The molecule has 25 heavy (non-hydrogen) atoms. The summed E-state index contributed by atoms with van der Waals surface area (Å²) in [5.41, 5.74) is 1.11. The monoisotopic (exact) mass is 461 g/mol. The zero-order valence-corrected chi connectivity index (χ0v) is 18.5. The molecule has 0 fully saturated rings. The van der Waals surface area contributed by atoms with Crippen LogP contribution in [-0.2, 0) is 6.42 Å². The van der Waals surface area contributed by atoms with Crippen molar-refractivity contribution in [2.75, 3.05) is 39.3 Å². The van der Waals surface area contributed by atoms with Crippen molar-refractivity contribution in [2.45, 2.75) is 46.5 Å². The number of pyridine rings is 1. The van der Waals surface area contributed by atoms with E-state index in [1.165, 1.54) is 25.9 Å². The molecule has 0 aliphatic rings. The number of hydrogen-bond acceptors (Lipinski definition) is 3. The lowest BCUT2D eigenvalue weighted by Gasteiger charge is -2.20. The van der Waals surface area contributed by atoms with Crippen LogP contribution in [0, 0.1) is 0 Å². The Hall–Kier alpha value is -0.890. The number of halogens is 1. The van der Waals surface area contributed by atoms with E-state index >= 15 is 0 Å². The van der Waals surface area contributed by atoms with Gasteiger partial charge in [0, 0.05) is 37.9 Å². The Kier molecular flexibility index (Phi) is 16.0. The minimum Gasteiger partial charge on any atom is -0.357 e. The van der Waals surface area contributed by atoms with Crippen LogP contribution >= 0.6 is 24.0 Å². The second kappa shape index (κ2) is 16.6. The van der Waals surface area contributed by atoms with E-state index < -0.39 is 0 Å². The largest absolute Gasteiger partial charge is 0.357 e. The van der Waals surface area contributed by atoms with Crippen molar-refractivity contribution in [2.24, 2.45) is 4.99 Å². The van der Waals surface area contributed by atoms with Gasteiger partial charge in [-0.05, 0) is 58.0 Å². The maximum absolute atomic E-state index is 4.68. The maximum atomic E-state index is 4.68. The van der Waals surface area contributed by atoms with Gasteiger partial charge in [-0.3, -0.25) is 9.98 Å². The number of rotatable bonds is 12. The van der Waals surface area contributed by atoms with Crippen molar-refractivity contribution in [3.8, 4) is 0 Å². The Bertz CT molecular complexity index is 433. The minimum atomic E-state index is 0. The summed E-state index contributed by atoms with van der Waals surface area (Å²) in [7, 11) is 0. The molecular formula is C19H36IN5. The van der Waals surface area contributed by atoms with Crippen LogP contribution in [0.1, 0.15) is 45.7 Å². The van der Waals surface area contributed by atoms with Crippen molar-refractivity contribution in [1.29, 1.82) is 0 Å². The Morgan fingerprint density at radius 2 is 1.84 bits per heavy atom. The molecule has 0 saturated heterocycles. The highest BCUT2D eigenvalue weighted by atomic mass is 127. The van der Waals surface area contributed by atoms with Crippen LogP contribution in [0.2, 0.25) is 0 Å². The van der Waals surface area contributed by atoms with Gasteiger partial charge in [-0.25, -0.2) is 0 Å². The van der Waals surface area contributed by atoms with Crippen LogP contribution in [0.3, 0.4) is 0 Å². The Balaban J connectivity index is 0.00000576. The predicted molar refractivity (Wildman–Crippen MR) is 119 cm³/mol. The van der Waals surface area contributed by atoms with Crippen LogP contribution in [0.25, 0.3) is 0 Å². The number of aromatic nitrogens is 1. The second-order valence-corrected chi connectivity index (χ2v) is 5.95. The summed E-state index contributed by atoms with van der Waals surface area (Å²) in [6.45, 7) is 12.7. The molecule has 0 bridgehead atoms. The molecule has 0 spiro atoms. The van der Waals surface area contributed by atoms with Crippen molar-refractivity contribution in [3.63, 3.8) is 0 Å². The third-order valence-corrected chi connectivity index (χ3v) is 3.73. The fourth-order valence-corrected chi connectivity index (χ4v) is 2.65. The summed E-state index contributed by atoms with van der Waals surface area (Å²) in [5.74, 6) is 0.908. The maximum Gasteiger partial charge on any atom is 0.191 e. The van der Waals surface area contributed by atoms with E-state index in [0.29, 0.717) is 0 Å². The Morgan fingerprint density at radius 3 is 2.44 bits per heavy atom. The average molecular weight is 461 g/mol. The molecule has 0 amide bonds. The standard InChI is InChI=1S/C19H35N5.HI/c1-4-15-24(16-5-2)17-9-13-22-19(20-6-3)23-14-11-18-10-7-8-12-21-18;/h7-8,10,12H,4-6,9,11,13-17H2,1-3H3,(H2,20,22,23);1H. The Labute approximate surface area is 171 Å². The highest BCUT2D eigenvalue weighted by molar-refractivity contribution is 14.0. The van der Waals surface area contributed by atoms with Crippen LogP contribution in [-0.4, -0.2) is 55.1 Å². The molecule has 2 N–H and O–H groups in total. The zero-order valence-electron chi connectivity index (χ0n) is 16.1. The van der Waals surface area contributed by atoms with Crippen molar-refractivity contribution < 1.29 is 0 Å². The van der Waals surface area contributed by atoms with Gasteiger partial charge < -0.3 is 15.5 Å². The number of aliphatic imine (C=N–C) groups is 1. The summed E-state index contributed by atoms with van der Waals surface area (Å²) in [5, 5.41) is 6.71. The number of nitrogens with one attached hydrogen (secondary N) is 2. The summed E-state index contributed by atoms with van der Waals surface area (Å²) < 4.78 is 0. The molecule has 1 heterocycles. The van der Waals surface area contributed by atoms with Gasteiger partial charge in [-0.2, -0.15) is 0 Å². The van der Waals surface area contributed by atoms with Crippen LogP contribution in [0.15, 0.2) is 29.4 Å². The first-order chi connectivity index (χ1) is 11.8. The molecule has 6 heteroatoms. The van der Waals surface area contributed by atoms with E-state index in [2.05, 4.69) is 52.3 Å². The summed E-state index contributed by atoms with van der Waals surface area (Å²) >= 11 is 0. The van der Waals surface area contributed by atoms with Crippen LogP contribution in [0.4, 0.5) is 0 Å². The molecule has 0 aromatic carbocycles. The number of nitrogens with zero attached hydrogens (tertiary/aromatic N) is 3. The van der Waals surface area contributed by atoms with Gasteiger partial charge in [0.15, 0.2) is 5.96 Å². The lowest BCUT2D eigenvalue weighted by atomic mass is 10.3. The van der Waals surface area contributed by atoms with Gasteiger partial charge in [0.05, 0.1) is 0 Å². The van der Waals surface area contributed by atoms with Gasteiger partial charge in [0.1, 0.15) is 0 Å². The van der Waals surface area contributed by atoms with Gasteiger partial charge in [0.25, 0.3) is 0 Å². The van der Waals surface area contributed by atoms with Gasteiger partial charge in [0.2, 0.25) is 0 Å². The fourth-order valence-electron chi connectivity index (χ4n) is 2.65. The average Bonchev–Trinajstić information content (AvgIpc) is 2.60. The van der Waals surface area contributed by atoms with Crippen LogP contribution < -0.4 is 10.6 Å². The van der Waals surface area contributed by atoms with E-state index in [0.717, 1.165) is 50.7 Å². The molecule has 1 aromatic heterocycles. The minimum absolute atomic E-state index is 0. The molecule has 0 saturated carbocycles. The van der Waals surface area contributed by atoms with Crippen molar-refractivity contribution in [1.82, 2.24) is 20.5 Å². The van der Waals surface area contributed by atoms with E-state index in [4.69, 9.17) is 0 Å². The zero-order chi connectivity index (χ0) is 17.5. The molecule has 1 rings (SSSR count). The highest BCUT2D eigenvalue weighted by Gasteiger charge is 2.02. The first-order valence-corrected chi connectivity index (χ1v) is 9.44. The predicted octanol–water partition coefficient (Wildman–Crippen LogP) is 3.31. The molecule has 0 atom stereocenters. The van der Waals surface area contributed by atoms with E-state index in [1.807, 2.05) is 18.3 Å². The van der Waals surface area contributed by atoms with Gasteiger partial charge >= 0.3 is 0 Å². The molecule has 0 aliphatic heterocycles. The SMILES string of the molecule is CCCN(CCC)CCCN=C(NCC)NCCc1ccccn1.I. The lowest BCUT2D eigenvalue weighted by molar-refractivity contribution is 0.273. The first kappa shape index (κ1) is 24.1. The first-order valence-electron chi connectivity index (χ1n) is 9.44. The third kappa shape index (κ3) is 12.2. The fraction of sp³-hybridized carbons (Fsp3) is 0.684. The summed E-state index contributed by atoms with van der Waals surface area (Å²) in [6, 6.07) is 6.03. The molecule has 144 valence electrons. The Morgan fingerprint density at radius 1 is 1.08 bits per heavy atom. The molecule has 0 aliphatic carbocycles. The van der Waals surface area contributed by atoms with Gasteiger partial charge in [-0.1, -0.05) is 19.9 Å². The van der Waals surface area contributed by atoms with E-state index in [9.17, 15) is 0 Å². The third-order valence-electron chi connectivity index (χ3n) is 3.73. The molecule has 5 nitrogen and oxygen atoms in total. The summed E-state index contributed by atoms with van der Waals surface area (Å²) in [6.07, 6.45) is 6.30. The normalized spacial score (nSPS) is 11.3. The highest BCUT2D eigenvalue weighted by Crippen LogP contribution is 1.97. The molecule has 1 aromatic rings. The van der Waals surface area contributed by atoms with Crippen molar-refractivity contribution >= 4 is 29.9 Å². The summed E-state index contributed by atoms with van der Waals surface area (Å²) in [4.78, 5) is 11.6. The number of guanidine groups is 1. The quantitative estimate of drug-likeness (QED) is 0.217. The van der Waals surface area contributed by atoms with Crippen molar-refractivity contribution in [3.05, 3.63) is 30.1 Å². The smallest absolute Gasteiger partial charge is 0.191 e. The van der Waals surface area contributed by atoms with E-state index in [1.54, 1.807) is 0 Å². The molecule has 0 radical (unpaired) electrons. The lowest BCUT2D eigenvalue weighted by Crippen LogP contribution is -2.38.